The zero-order valence-corrected chi connectivity index (χ0v) is 10.7. The molecule has 0 aromatic heterocycles. The van der Waals surface area contributed by atoms with Crippen LogP contribution < -0.4 is 15.5 Å². The van der Waals surface area contributed by atoms with Crippen molar-refractivity contribution in [2.24, 2.45) is 5.92 Å². The van der Waals surface area contributed by atoms with Gasteiger partial charge in [0.05, 0.1) is 12.3 Å². The van der Waals surface area contributed by atoms with Gasteiger partial charge in [0.1, 0.15) is 5.92 Å². The number of nitrogens with one attached hydrogen (secondary N) is 2. The monoisotopic (exact) mass is 277 g/mol. The lowest BCUT2D eigenvalue weighted by molar-refractivity contribution is -0.133. The Bertz CT molecular complexity index is 518. The molecule has 1 saturated heterocycles. The number of urea groups is 1. The highest BCUT2D eigenvalue weighted by Gasteiger charge is 2.39. The Labute approximate surface area is 115 Å². The van der Waals surface area contributed by atoms with Crippen LogP contribution in [0.4, 0.5) is 10.5 Å². The summed E-state index contributed by atoms with van der Waals surface area (Å²) in [6.45, 7) is -0.179. The van der Waals surface area contributed by atoms with E-state index in [0.29, 0.717) is 5.69 Å². The number of nitrogens with zero attached hydrogens (tertiary/aromatic N) is 1. The minimum atomic E-state index is -0.987. The molecule has 7 heteroatoms. The lowest BCUT2D eigenvalue weighted by Gasteiger charge is -2.30. The quantitative estimate of drug-likeness (QED) is 0.644. The second kappa shape index (κ2) is 6.16. The van der Waals surface area contributed by atoms with Crippen LogP contribution in [-0.2, 0) is 9.59 Å². The van der Waals surface area contributed by atoms with Crippen LogP contribution in [0.3, 0.4) is 0 Å². The number of anilines is 1. The van der Waals surface area contributed by atoms with Gasteiger partial charge in [-0.05, 0) is 12.1 Å². The summed E-state index contributed by atoms with van der Waals surface area (Å²) >= 11 is 0. The maximum absolute atomic E-state index is 12.3. The molecule has 0 spiro atoms. The Morgan fingerprint density at radius 2 is 2.05 bits per heavy atom. The van der Waals surface area contributed by atoms with Crippen LogP contribution in [0.15, 0.2) is 30.3 Å². The summed E-state index contributed by atoms with van der Waals surface area (Å²) in [6.07, 6.45) is 0. The Kier molecular flexibility index (Phi) is 4.31. The van der Waals surface area contributed by atoms with Gasteiger partial charge in [0.15, 0.2) is 0 Å². The summed E-state index contributed by atoms with van der Waals surface area (Å²) in [5.41, 5.74) is 0.412. The average molecular weight is 277 g/mol. The largest absolute Gasteiger partial charge is 0.395 e. The van der Waals surface area contributed by atoms with Crippen molar-refractivity contribution in [3.05, 3.63) is 30.3 Å². The molecule has 4 amide bonds. The van der Waals surface area contributed by atoms with Gasteiger partial charge < -0.3 is 15.7 Å². The maximum atomic E-state index is 12.3. The Morgan fingerprint density at radius 1 is 1.35 bits per heavy atom. The van der Waals surface area contributed by atoms with E-state index in [0.717, 1.165) is 4.90 Å². The van der Waals surface area contributed by atoms with Crippen LogP contribution in [0.1, 0.15) is 0 Å². The molecule has 1 fully saturated rings. The maximum Gasteiger partial charge on any atom is 0.328 e. The van der Waals surface area contributed by atoms with Crippen molar-refractivity contribution in [2.75, 3.05) is 24.6 Å². The number of rotatable bonds is 4. The predicted octanol–water partition coefficient (Wildman–Crippen LogP) is -0.533. The van der Waals surface area contributed by atoms with E-state index in [2.05, 4.69) is 10.6 Å². The van der Waals surface area contributed by atoms with E-state index in [-0.39, 0.29) is 19.7 Å². The van der Waals surface area contributed by atoms with Crippen LogP contribution in [0.25, 0.3) is 0 Å². The third-order valence-electron chi connectivity index (χ3n) is 2.92. The fourth-order valence-corrected chi connectivity index (χ4v) is 1.94. The summed E-state index contributed by atoms with van der Waals surface area (Å²) < 4.78 is 0. The van der Waals surface area contributed by atoms with E-state index in [1.165, 1.54) is 0 Å². The molecular weight excluding hydrogens is 262 g/mol. The first kappa shape index (κ1) is 14.0. The molecule has 20 heavy (non-hydrogen) atoms. The minimum Gasteiger partial charge on any atom is -0.395 e. The second-order valence-electron chi connectivity index (χ2n) is 4.26. The zero-order chi connectivity index (χ0) is 14.5. The number of imide groups is 1. The molecule has 106 valence electrons. The molecule has 1 atom stereocenters. The SMILES string of the molecule is O=C(NCCO)C1CNC(=O)N(c2ccccc2)C1=O. The van der Waals surface area contributed by atoms with Gasteiger partial charge in [-0.3, -0.25) is 9.59 Å². The molecule has 1 aromatic carbocycles. The molecule has 1 aromatic rings. The van der Waals surface area contributed by atoms with Crippen molar-refractivity contribution in [3.63, 3.8) is 0 Å². The topological polar surface area (TPSA) is 98.7 Å². The standard InChI is InChI=1S/C13H15N3O4/c17-7-6-14-11(18)10-8-15-13(20)16(12(10)19)9-4-2-1-3-5-9/h1-5,10,17H,6-8H2,(H,14,18)(H,15,20). The summed E-state index contributed by atoms with van der Waals surface area (Å²) in [5, 5.41) is 13.6. The van der Waals surface area contributed by atoms with E-state index in [1.54, 1.807) is 30.3 Å². The smallest absolute Gasteiger partial charge is 0.328 e. The highest BCUT2D eigenvalue weighted by atomic mass is 16.3. The molecule has 0 radical (unpaired) electrons. The highest BCUT2D eigenvalue weighted by Crippen LogP contribution is 2.19. The van der Waals surface area contributed by atoms with E-state index >= 15 is 0 Å². The molecule has 1 heterocycles. The van der Waals surface area contributed by atoms with Gasteiger partial charge in [-0.25, -0.2) is 9.69 Å². The number of hydrogen-bond acceptors (Lipinski definition) is 4. The molecule has 0 aliphatic carbocycles. The number of carbonyl (C=O) groups is 3. The average Bonchev–Trinajstić information content (AvgIpc) is 2.46. The lowest BCUT2D eigenvalue weighted by atomic mass is 10.0. The second-order valence-corrected chi connectivity index (χ2v) is 4.26. The molecule has 1 aliphatic rings. The summed E-state index contributed by atoms with van der Waals surface area (Å²) in [6, 6.07) is 7.85. The molecule has 2 rings (SSSR count). The lowest BCUT2D eigenvalue weighted by Crippen LogP contribution is -2.59. The van der Waals surface area contributed by atoms with E-state index < -0.39 is 23.8 Å². The van der Waals surface area contributed by atoms with Gasteiger partial charge in [-0.15, -0.1) is 0 Å². The predicted molar refractivity (Wildman–Crippen MR) is 70.9 cm³/mol. The van der Waals surface area contributed by atoms with E-state index in [1.807, 2.05) is 0 Å². The third kappa shape index (κ3) is 2.77. The Morgan fingerprint density at radius 3 is 2.70 bits per heavy atom. The van der Waals surface area contributed by atoms with Crippen molar-refractivity contribution >= 4 is 23.5 Å². The van der Waals surface area contributed by atoms with E-state index in [9.17, 15) is 14.4 Å². The molecule has 7 nitrogen and oxygen atoms in total. The van der Waals surface area contributed by atoms with Gasteiger partial charge in [-0.2, -0.15) is 0 Å². The van der Waals surface area contributed by atoms with Gasteiger partial charge in [0, 0.05) is 13.1 Å². The van der Waals surface area contributed by atoms with Gasteiger partial charge in [0.25, 0.3) is 0 Å². The number of hydrogen-bond donors (Lipinski definition) is 3. The number of carbonyl (C=O) groups excluding carboxylic acids is 3. The van der Waals surface area contributed by atoms with Crippen molar-refractivity contribution in [1.82, 2.24) is 10.6 Å². The molecular formula is C13H15N3O4. The summed E-state index contributed by atoms with van der Waals surface area (Å²) in [5.74, 6) is -2.07. The third-order valence-corrected chi connectivity index (χ3v) is 2.92. The Hall–Kier alpha value is -2.41. The van der Waals surface area contributed by atoms with Crippen LogP contribution in [0.2, 0.25) is 0 Å². The molecule has 0 saturated carbocycles. The van der Waals surface area contributed by atoms with Crippen LogP contribution in [0.5, 0.6) is 0 Å². The number of aliphatic hydroxyl groups is 1. The molecule has 3 N–H and O–H groups in total. The van der Waals surface area contributed by atoms with Gasteiger partial charge in [-0.1, -0.05) is 18.2 Å². The van der Waals surface area contributed by atoms with Gasteiger partial charge >= 0.3 is 6.03 Å². The summed E-state index contributed by atoms with van der Waals surface area (Å²) in [4.78, 5) is 36.9. The fourth-order valence-electron chi connectivity index (χ4n) is 1.94. The molecule has 1 unspecified atom stereocenters. The number of amides is 4. The van der Waals surface area contributed by atoms with E-state index in [4.69, 9.17) is 5.11 Å². The first-order valence-electron chi connectivity index (χ1n) is 6.20. The fraction of sp³-hybridized carbons (Fsp3) is 0.308. The van der Waals surface area contributed by atoms with Crippen molar-refractivity contribution in [3.8, 4) is 0 Å². The van der Waals surface area contributed by atoms with Crippen LogP contribution >= 0.6 is 0 Å². The number of aliphatic hydroxyl groups excluding tert-OH is 1. The zero-order valence-electron chi connectivity index (χ0n) is 10.7. The highest BCUT2D eigenvalue weighted by molar-refractivity contribution is 6.21. The van der Waals surface area contributed by atoms with Crippen molar-refractivity contribution < 1.29 is 19.5 Å². The first-order chi connectivity index (χ1) is 9.65. The first-order valence-corrected chi connectivity index (χ1v) is 6.20. The molecule has 0 bridgehead atoms. The Balaban J connectivity index is 2.18. The molecule has 1 aliphatic heterocycles. The number of benzene rings is 1. The normalized spacial score (nSPS) is 18.6. The van der Waals surface area contributed by atoms with Crippen LogP contribution in [-0.4, -0.2) is 42.6 Å². The van der Waals surface area contributed by atoms with Crippen molar-refractivity contribution in [1.29, 1.82) is 0 Å². The van der Waals surface area contributed by atoms with Crippen LogP contribution in [0, 0.1) is 5.92 Å². The van der Waals surface area contributed by atoms with Gasteiger partial charge in [0.2, 0.25) is 11.8 Å². The summed E-state index contributed by atoms with van der Waals surface area (Å²) in [7, 11) is 0. The number of para-hydroxylation sites is 1. The van der Waals surface area contributed by atoms with Crippen molar-refractivity contribution in [2.45, 2.75) is 0 Å². The minimum absolute atomic E-state index is 0.0434.